The summed E-state index contributed by atoms with van der Waals surface area (Å²) in [6, 6.07) is 5.70. The number of aliphatic hydroxyl groups is 1. The average molecular weight is 437 g/mol. The highest BCUT2D eigenvalue weighted by Gasteiger charge is 2.31. The number of aromatic nitrogens is 1. The number of anilines is 1. The third-order valence-corrected chi connectivity index (χ3v) is 6.66. The van der Waals surface area contributed by atoms with E-state index in [2.05, 4.69) is 29.0 Å². The highest BCUT2D eigenvalue weighted by molar-refractivity contribution is 6.35. The molecule has 3 heterocycles. The first kappa shape index (κ1) is 22.3. The molecule has 0 bridgehead atoms. The molecule has 0 fully saturated rings. The molecule has 1 aromatic heterocycles. The Morgan fingerprint density at radius 3 is 2.69 bits per heavy atom. The Hall–Kier alpha value is -2.90. The summed E-state index contributed by atoms with van der Waals surface area (Å²) in [4.78, 5) is 33.6. The minimum Gasteiger partial charge on any atom is -0.396 e. The summed E-state index contributed by atoms with van der Waals surface area (Å²) < 4.78 is 0. The second-order valence-corrected chi connectivity index (χ2v) is 8.41. The van der Waals surface area contributed by atoms with Crippen molar-refractivity contribution in [2.24, 2.45) is 0 Å². The number of amides is 2. The number of carbonyl (C=O) groups is 2. The van der Waals surface area contributed by atoms with Gasteiger partial charge >= 0.3 is 0 Å². The first-order chi connectivity index (χ1) is 15.5. The van der Waals surface area contributed by atoms with Crippen LogP contribution in [-0.2, 0) is 17.6 Å². The van der Waals surface area contributed by atoms with Gasteiger partial charge in [-0.05, 0) is 49.7 Å². The molecule has 2 aromatic rings. The second kappa shape index (κ2) is 9.30. The van der Waals surface area contributed by atoms with Crippen LogP contribution in [0.25, 0.3) is 11.6 Å². The van der Waals surface area contributed by atoms with Gasteiger partial charge in [0, 0.05) is 55.3 Å². The monoisotopic (exact) mass is 436 g/mol. The molecule has 3 N–H and O–H groups in total. The van der Waals surface area contributed by atoms with Crippen molar-refractivity contribution in [3.63, 3.8) is 0 Å². The van der Waals surface area contributed by atoms with Crippen molar-refractivity contribution < 1.29 is 14.7 Å². The van der Waals surface area contributed by atoms with E-state index in [1.807, 2.05) is 36.1 Å². The minimum absolute atomic E-state index is 0.0194. The van der Waals surface area contributed by atoms with Gasteiger partial charge < -0.3 is 25.2 Å². The summed E-state index contributed by atoms with van der Waals surface area (Å²) in [6.45, 7) is 10.5. The quantitative estimate of drug-likeness (QED) is 0.555. The van der Waals surface area contributed by atoms with Gasteiger partial charge in [-0.1, -0.05) is 26.0 Å². The van der Waals surface area contributed by atoms with Crippen LogP contribution in [0.15, 0.2) is 18.2 Å². The predicted octanol–water partition coefficient (Wildman–Crippen LogP) is 2.69. The molecule has 7 heteroatoms. The van der Waals surface area contributed by atoms with E-state index in [1.54, 1.807) is 0 Å². The fourth-order valence-corrected chi connectivity index (χ4v) is 4.76. The number of likely N-dealkylation sites (N-methyl/N-ethyl adjacent to an activating group) is 1. The Morgan fingerprint density at radius 2 is 1.97 bits per heavy atom. The Kier molecular flexibility index (Phi) is 6.48. The van der Waals surface area contributed by atoms with Crippen LogP contribution in [0.1, 0.15) is 52.3 Å². The Labute approximate surface area is 189 Å². The lowest BCUT2D eigenvalue weighted by Crippen LogP contribution is -2.42. The highest BCUT2D eigenvalue weighted by Crippen LogP contribution is 2.37. The van der Waals surface area contributed by atoms with Crippen molar-refractivity contribution in [2.45, 2.75) is 33.6 Å². The van der Waals surface area contributed by atoms with Crippen molar-refractivity contribution in [2.75, 3.05) is 44.6 Å². The van der Waals surface area contributed by atoms with Crippen LogP contribution in [-0.4, -0.2) is 71.0 Å². The molecular weight excluding hydrogens is 404 g/mol. The lowest BCUT2D eigenvalue weighted by molar-refractivity contribution is -0.110. The minimum atomic E-state index is -0.162. The van der Waals surface area contributed by atoms with E-state index in [9.17, 15) is 14.7 Å². The fourth-order valence-electron chi connectivity index (χ4n) is 4.76. The molecule has 170 valence electrons. The van der Waals surface area contributed by atoms with Crippen LogP contribution in [0.4, 0.5) is 5.69 Å². The van der Waals surface area contributed by atoms with Gasteiger partial charge in [-0.25, -0.2) is 0 Å². The maximum atomic E-state index is 13.2. The number of hydrogen-bond acceptors (Lipinski definition) is 4. The summed E-state index contributed by atoms with van der Waals surface area (Å²) in [5.41, 5.74) is 6.46. The number of aliphatic hydroxyl groups excluding tert-OH is 1. The molecule has 2 aliphatic rings. The third-order valence-electron chi connectivity index (χ3n) is 6.66. The van der Waals surface area contributed by atoms with Gasteiger partial charge in [-0.3, -0.25) is 9.59 Å². The molecule has 0 unspecified atom stereocenters. The number of rotatable bonds is 8. The molecule has 1 aromatic carbocycles. The maximum absolute atomic E-state index is 13.2. The summed E-state index contributed by atoms with van der Waals surface area (Å²) in [5, 5.41) is 12.4. The maximum Gasteiger partial charge on any atom is 0.256 e. The third kappa shape index (κ3) is 3.98. The zero-order chi connectivity index (χ0) is 22.8. The van der Waals surface area contributed by atoms with Gasteiger partial charge in [0.15, 0.2) is 0 Å². The molecule has 7 nitrogen and oxygen atoms in total. The number of aromatic amines is 1. The van der Waals surface area contributed by atoms with E-state index in [-0.39, 0.29) is 18.4 Å². The number of hydrogen-bond donors (Lipinski definition) is 3. The zero-order valence-corrected chi connectivity index (χ0v) is 19.1. The topological polar surface area (TPSA) is 88.7 Å². The molecule has 2 aliphatic heterocycles. The Balaban J connectivity index is 1.64. The number of H-pyrrole nitrogens is 1. The summed E-state index contributed by atoms with van der Waals surface area (Å²) in [5.74, 6) is -0.0985. The zero-order valence-electron chi connectivity index (χ0n) is 19.1. The predicted molar refractivity (Wildman–Crippen MR) is 127 cm³/mol. The Bertz CT molecular complexity index is 1070. The number of nitrogens with zero attached hydrogens (tertiary/aromatic N) is 2. The largest absolute Gasteiger partial charge is 0.396 e. The van der Waals surface area contributed by atoms with Crippen LogP contribution >= 0.6 is 0 Å². The van der Waals surface area contributed by atoms with Gasteiger partial charge in [0.1, 0.15) is 0 Å². The molecule has 0 saturated carbocycles. The van der Waals surface area contributed by atoms with Gasteiger partial charge in [0.2, 0.25) is 0 Å². The molecule has 2 amide bonds. The van der Waals surface area contributed by atoms with Gasteiger partial charge in [0.05, 0.1) is 11.1 Å². The van der Waals surface area contributed by atoms with Crippen molar-refractivity contribution in [1.82, 2.24) is 14.8 Å². The van der Waals surface area contributed by atoms with Gasteiger partial charge in [-0.15, -0.1) is 0 Å². The summed E-state index contributed by atoms with van der Waals surface area (Å²) in [7, 11) is 0. The molecule has 0 atom stereocenters. The second-order valence-electron chi connectivity index (χ2n) is 8.41. The van der Waals surface area contributed by atoms with Crippen LogP contribution in [0, 0.1) is 6.92 Å². The molecule has 0 saturated heterocycles. The van der Waals surface area contributed by atoms with E-state index < -0.39 is 0 Å². The van der Waals surface area contributed by atoms with E-state index in [0.717, 1.165) is 71.9 Å². The highest BCUT2D eigenvalue weighted by atomic mass is 16.3. The number of nitrogens with one attached hydrogen (secondary N) is 2. The number of carbonyl (C=O) groups excluding carboxylic acids is 2. The van der Waals surface area contributed by atoms with Crippen molar-refractivity contribution in [1.29, 1.82) is 0 Å². The lowest BCUT2D eigenvalue weighted by atomic mass is 9.96. The van der Waals surface area contributed by atoms with Crippen LogP contribution in [0.2, 0.25) is 0 Å². The van der Waals surface area contributed by atoms with E-state index in [1.165, 1.54) is 0 Å². The molecule has 0 radical (unpaired) electrons. The molecule has 0 spiro atoms. The van der Waals surface area contributed by atoms with E-state index in [4.69, 9.17) is 0 Å². The first-order valence-electron chi connectivity index (χ1n) is 11.5. The average Bonchev–Trinajstić information content (AvgIpc) is 3.28. The Morgan fingerprint density at radius 1 is 1.19 bits per heavy atom. The molecule has 32 heavy (non-hydrogen) atoms. The van der Waals surface area contributed by atoms with Crippen molar-refractivity contribution in [3.05, 3.63) is 51.8 Å². The van der Waals surface area contributed by atoms with E-state index in [0.29, 0.717) is 18.5 Å². The molecule has 4 rings (SSSR count). The van der Waals surface area contributed by atoms with E-state index >= 15 is 0 Å². The number of fused-ring (bicyclic) bond motifs is 2. The van der Waals surface area contributed by atoms with Crippen molar-refractivity contribution in [3.8, 4) is 0 Å². The normalized spacial score (nSPS) is 16.7. The van der Waals surface area contributed by atoms with Crippen LogP contribution in [0.3, 0.4) is 0 Å². The molecule has 0 aliphatic carbocycles. The van der Waals surface area contributed by atoms with Crippen LogP contribution < -0.4 is 5.32 Å². The smallest absolute Gasteiger partial charge is 0.256 e. The fraction of sp³-hybridized carbons (Fsp3) is 0.440. The van der Waals surface area contributed by atoms with Crippen molar-refractivity contribution >= 4 is 29.2 Å². The van der Waals surface area contributed by atoms with Gasteiger partial charge in [-0.2, -0.15) is 0 Å². The van der Waals surface area contributed by atoms with Crippen LogP contribution in [0.5, 0.6) is 0 Å². The standard InChI is InChI=1S/C25H32N4O3/c1-4-28(5-2)12-13-29-11-9-20-22(25(29)32)16(3)21(26-20)15-18-23-17(10-14-30)7-6-8-19(23)27-24(18)31/h6-8,15,26,30H,4-5,9-14H2,1-3H3,(H,27,31)/b18-15-. The van der Waals surface area contributed by atoms with Gasteiger partial charge in [0.25, 0.3) is 11.8 Å². The summed E-state index contributed by atoms with van der Waals surface area (Å²) in [6.07, 6.45) is 3.11. The SMILES string of the molecule is CCN(CC)CCN1CCc2[nH]c(/C=C3\C(=O)Nc4cccc(CCO)c43)c(C)c2C1=O. The number of benzene rings is 1. The first-order valence-corrected chi connectivity index (χ1v) is 11.5. The lowest BCUT2D eigenvalue weighted by Gasteiger charge is -2.29. The summed E-state index contributed by atoms with van der Waals surface area (Å²) >= 11 is 0. The molecular formula is C25H32N4O3.